The van der Waals surface area contributed by atoms with E-state index in [0.717, 1.165) is 5.69 Å². The molecule has 2 aromatic rings. The number of rotatable bonds is 4. The Morgan fingerprint density at radius 2 is 2.22 bits per heavy atom. The van der Waals surface area contributed by atoms with Gasteiger partial charge in [-0.1, -0.05) is 25.4 Å². The van der Waals surface area contributed by atoms with Gasteiger partial charge in [-0.2, -0.15) is 0 Å². The van der Waals surface area contributed by atoms with Gasteiger partial charge in [0.15, 0.2) is 0 Å². The summed E-state index contributed by atoms with van der Waals surface area (Å²) in [5.41, 5.74) is 1.38. The molecule has 0 spiro atoms. The molecule has 2 rings (SSSR count). The van der Waals surface area contributed by atoms with Crippen molar-refractivity contribution in [2.75, 3.05) is 0 Å². The summed E-state index contributed by atoms with van der Waals surface area (Å²) in [4.78, 5) is 4.31. The number of oxazole rings is 1. The maximum absolute atomic E-state index is 12.9. The van der Waals surface area contributed by atoms with Crippen molar-refractivity contribution in [3.63, 3.8) is 0 Å². The highest BCUT2D eigenvalue weighted by Gasteiger charge is 2.11. The Balaban J connectivity index is 2.18. The second-order valence-electron chi connectivity index (χ2n) is 4.30. The van der Waals surface area contributed by atoms with E-state index in [9.17, 15) is 4.39 Å². The lowest BCUT2D eigenvalue weighted by Crippen LogP contribution is -2.21. The van der Waals surface area contributed by atoms with E-state index in [-0.39, 0.29) is 5.82 Å². The van der Waals surface area contributed by atoms with Crippen molar-refractivity contribution in [1.82, 2.24) is 10.3 Å². The van der Waals surface area contributed by atoms with Gasteiger partial charge in [0.2, 0.25) is 5.89 Å². The molecule has 0 unspecified atom stereocenters. The van der Waals surface area contributed by atoms with Crippen LogP contribution in [-0.2, 0) is 6.54 Å². The summed E-state index contributed by atoms with van der Waals surface area (Å²) in [5.74, 6) is 0.0255. The first kappa shape index (κ1) is 13.1. The molecule has 0 aliphatic heterocycles. The number of halogens is 2. The summed E-state index contributed by atoms with van der Waals surface area (Å²) < 4.78 is 18.3. The topological polar surface area (TPSA) is 38.1 Å². The van der Waals surface area contributed by atoms with E-state index in [4.69, 9.17) is 16.0 Å². The van der Waals surface area contributed by atoms with Gasteiger partial charge in [0, 0.05) is 12.6 Å². The average Bonchev–Trinajstić information content (AvgIpc) is 2.75. The Morgan fingerprint density at radius 3 is 2.89 bits per heavy atom. The minimum Gasteiger partial charge on any atom is -0.444 e. The molecule has 18 heavy (non-hydrogen) atoms. The van der Waals surface area contributed by atoms with Gasteiger partial charge in [-0.15, -0.1) is 0 Å². The van der Waals surface area contributed by atoms with Crippen LogP contribution in [0.15, 0.2) is 28.9 Å². The summed E-state index contributed by atoms with van der Waals surface area (Å²) in [6, 6.07) is 4.51. The number of nitrogens with zero attached hydrogens (tertiary/aromatic N) is 1. The lowest BCUT2D eigenvalue weighted by atomic mass is 10.2. The summed E-state index contributed by atoms with van der Waals surface area (Å²) in [7, 11) is 0. The smallest absolute Gasteiger partial charge is 0.227 e. The predicted octanol–water partition coefficient (Wildman–Crippen LogP) is 3.63. The van der Waals surface area contributed by atoms with Gasteiger partial charge >= 0.3 is 0 Å². The van der Waals surface area contributed by atoms with Gasteiger partial charge < -0.3 is 9.73 Å². The molecule has 0 fully saturated rings. The number of nitrogens with one attached hydrogen (secondary N) is 1. The van der Waals surface area contributed by atoms with Crippen LogP contribution in [0.25, 0.3) is 11.5 Å². The molecule has 1 aromatic carbocycles. The molecular weight excluding hydrogens is 255 g/mol. The van der Waals surface area contributed by atoms with Crippen LogP contribution < -0.4 is 5.32 Å². The van der Waals surface area contributed by atoms with Gasteiger partial charge in [0.05, 0.1) is 16.3 Å². The van der Waals surface area contributed by atoms with Crippen LogP contribution in [0.4, 0.5) is 4.39 Å². The highest BCUT2D eigenvalue weighted by atomic mass is 35.5. The summed E-state index contributed by atoms with van der Waals surface area (Å²) in [6.07, 6.45) is 1.57. The first-order valence-corrected chi connectivity index (χ1v) is 6.07. The second-order valence-corrected chi connectivity index (χ2v) is 4.71. The Kier molecular flexibility index (Phi) is 3.99. The van der Waals surface area contributed by atoms with Crippen molar-refractivity contribution in [3.05, 3.63) is 41.0 Å². The number of hydrogen-bond acceptors (Lipinski definition) is 3. The van der Waals surface area contributed by atoms with E-state index in [1.54, 1.807) is 12.3 Å². The van der Waals surface area contributed by atoms with Crippen LogP contribution in [0.3, 0.4) is 0 Å². The summed E-state index contributed by atoms with van der Waals surface area (Å²) >= 11 is 5.95. The van der Waals surface area contributed by atoms with E-state index in [1.807, 2.05) is 0 Å². The molecule has 1 aromatic heterocycles. The molecular formula is C13H14ClFN2O. The van der Waals surface area contributed by atoms with Gasteiger partial charge in [0.25, 0.3) is 0 Å². The van der Waals surface area contributed by atoms with Gasteiger partial charge in [-0.25, -0.2) is 9.37 Å². The molecule has 0 amide bonds. The maximum Gasteiger partial charge on any atom is 0.227 e. The van der Waals surface area contributed by atoms with Crippen LogP contribution in [0.2, 0.25) is 5.02 Å². The molecule has 3 nitrogen and oxygen atoms in total. The van der Waals surface area contributed by atoms with Crippen molar-refractivity contribution in [1.29, 1.82) is 0 Å². The maximum atomic E-state index is 12.9. The highest BCUT2D eigenvalue weighted by Crippen LogP contribution is 2.27. The minimum atomic E-state index is -0.378. The molecule has 96 valence electrons. The molecule has 1 heterocycles. The molecule has 0 saturated heterocycles. The Morgan fingerprint density at radius 1 is 1.44 bits per heavy atom. The second kappa shape index (κ2) is 5.50. The largest absolute Gasteiger partial charge is 0.444 e. The molecule has 0 saturated carbocycles. The number of aromatic nitrogens is 1. The lowest BCUT2D eigenvalue weighted by molar-refractivity contribution is 0.560. The molecule has 1 N–H and O–H groups in total. The SMILES string of the molecule is CC(C)NCc1coc(-c2ccc(F)cc2Cl)n1. The van der Waals surface area contributed by atoms with E-state index in [1.165, 1.54) is 12.1 Å². The monoisotopic (exact) mass is 268 g/mol. The molecule has 0 aliphatic rings. The van der Waals surface area contributed by atoms with Crippen molar-refractivity contribution < 1.29 is 8.81 Å². The zero-order valence-electron chi connectivity index (χ0n) is 10.2. The third-order valence-corrected chi connectivity index (χ3v) is 2.72. The van der Waals surface area contributed by atoms with Crippen LogP contribution in [0.5, 0.6) is 0 Å². The molecule has 0 aliphatic carbocycles. The van der Waals surface area contributed by atoms with Crippen LogP contribution in [0, 0.1) is 5.82 Å². The normalized spacial score (nSPS) is 11.2. The van der Waals surface area contributed by atoms with Crippen LogP contribution in [-0.4, -0.2) is 11.0 Å². The van der Waals surface area contributed by atoms with Gasteiger partial charge in [0.1, 0.15) is 12.1 Å². The molecule has 0 radical (unpaired) electrons. The van der Waals surface area contributed by atoms with Crippen molar-refractivity contribution in [2.45, 2.75) is 26.4 Å². The fraction of sp³-hybridized carbons (Fsp3) is 0.308. The van der Waals surface area contributed by atoms with E-state index in [0.29, 0.717) is 29.1 Å². The third-order valence-electron chi connectivity index (χ3n) is 2.40. The van der Waals surface area contributed by atoms with Gasteiger partial charge in [-0.05, 0) is 18.2 Å². The predicted molar refractivity (Wildman–Crippen MR) is 68.9 cm³/mol. The summed E-state index contributed by atoms with van der Waals surface area (Å²) in [6.45, 7) is 4.73. The van der Waals surface area contributed by atoms with Crippen LogP contribution in [0.1, 0.15) is 19.5 Å². The van der Waals surface area contributed by atoms with Crippen molar-refractivity contribution in [2.24, 2.45) is 0 Å². The average molecular weight is 269 g/mol. The molecule has 0 atom stereocenters. The zero-order chi connectivity index (χ0) is 13.1. The van der Waals surface area contributed by atoms with Gasteiger partial charge in [-0.3, -0.25) is 0 Å². The highest BCUT2D eigenvalue weighted by molar-refractivity contribution is 6.33. The molecule has 0 bridgehead atoms. The number of hydrogen-bond donors (Lipinski definition) is 1. The third kappa shape index (κ3) is 3.09. The minimum absolute atomic E-state index is 0.292. The number of benzene rings is 1. The fourth-order valence-electron chi connectivity index (χ4n) is 1.48. The Hall–Kier alpha value is -1.39. The van der Waals surface area contributed by atoms with E-state index < -0.39 is 0 Å². The van der Waals surface area contributed by atoms with Crippen LogP contribution >= 0.6 is 11.6 Å². The standard InChI is InChI=1S/C13H14ClFN2O/c1-8(2)16-6-10-7-18-13(17-10)11-4-3-9(15)5-12(11)14/h3-5,7-8,16H,6H2,1-2H3. The first-order valence-electron chi connectivity index (χ1n) is 5.69. The van der Waals surface area contributed by atoms with E-state index in [2.05, 4.69) is 24.1 Å². The van der Waals surface area contributed by atoms with E-state index >= 15 is 0 Å². The Labute approximate surface area is 110 Å². The molecule has 5 heteroatoms. The lowest BCUT2D eigenvalue weighted by Gasteiger charge is -2.04. The first-order chi connectivity index (χ1) is 8.56. The quantitative estimate of drug-likeness (QED) is 0.920. The zero-order valence-corrected chi connectivity index (χ0v) is 11.0. The Bertz CT molecular complexity index is 540. The summed E-state index contributed by atoms with van der Waals surface area (Å²) in [5, 5.41) is 3.53. The van der Waals surface area contributed by atoms with Crippen molar-refractivity contribution >= 4 is 11.6 Å². The van der Waals surface area contributed by atoms with Crippen molar-refractivity contribution in [3.8, 4) is 11.5 Å². The fourth-order valence-corrected chi connectivity index (χ4v) is 1.73.